The first-order chi connectivity index (χ1) is 8.59. The highest BCUT2D eigenvalue weighted by Gasteiger charge is 2.27. The Morgan fingerprint density at radius 3 is 2.35 bits per heavy atom. The Balaban J connectivity index is 0.00000180. The zero-order chi connectivity index (χ0) is 13.0. The van der Waals surface area contributed by atoms with Crippen LogP contribution in [0.4, 0.5) is 0 Å². The maximum absolute atomic E-state index is 11.9. The average molecular weight is 341 g/mol. The maximum atomic E-state index is 11.9. The number of benzene rings is 1. The Morgan fingerprint density at radius 1 is 1.25 bits per heavy atom. The summed E-state index contributed by atoms with van der Waals surface area (Å²) in [6.07, 6.45) is 1.77. The summed E-state index contributed by atoms with van der Waals surface area (Å²) in [5.74, 6) is -0.102. The van der Waals surface area contributed by atoms with Crippen LogP contribution in [0.1, 0.15) is 23.2 Å². The van der Waals surface area contributed by atoms with Gasteiger partial charge in [0.05, 0.1) is 0 Å². The summed E-state index contributed by atoms with van der Waals surface area (Å²) in [6.45, 7) is 2.33. The topological polar surface area (TPSA) is 67.1 Å². The normalized spacial score (nSPS) is 16.5. The molecule has 20 heavy (non-hydrogen) atoms. The van der Waals surface area contributed by atoms with Gasteiger partial charge in [-0.3, -0.25) is 4.79 Å². The van der Waals surface area contributed by atoms with E-state index in [0.29, 0.717) is 17.1 Å². The van der Waals surface area contributed by atoms with Crippen LogP contribution in [0.5, 0.6) is 0 Å². The fraction of sp³-hybridized carbons (Fsp3) is 0.462. The van der Waals surface area contributed by atoms with E-state index >= 15 is 0 Å². The number of nitrogens with two attached hydrogens (primary N) is 1. The van der Waals surface area contributed by atoms with Crippen molar-refractivity contribution in [2.75, 3.05) is 19.6 Å². The van der Waals surface area contributed by atoms with Crippen molar-refractivity contribution >= 4 is 42.3 Å². The number of halogens is 3. The summed E-state index contributed by atoms with van der Waals surface area (Å²) in [7, 11) is 0. The molecule has 0 bridgehead atoms. The zero-order valence-electron chi connectivity index (χ0n) is 11.0. The Labute approximate surface area is 136 Å². The molecule has 1 aliphatic rings. The highest BCUT2D eigenvalue weighted by atomic mass is 35.5. The van der Waals surface area contributed by atoms with Crippen LogP contribution in [-0.4, -0.2) is 31.1 Å². The molecule has 1 amide bonds. The molecule has 0 spiro atoms. The zero-order valence-corrected chi connectivity index (χ0v) is 13.4. The van der Waals surface area contributed by atoms with Crippen molar-refractivity contribution in [3.63, 3.8) is 0 Å². The van der Waals surface area contributed by atoms with Gasteiger partial charge in [-0.05, 0) is 50.2 Å². The number of nitrogens with one attached hydrogen (secondary N) is 2. The average Bonchev–Trinajstić information content (AvgIpc) is 2.38. The van der Waals surface area contributed by atoms with Crippen molar-refractivity contribution in [2.45, 2.75) is 18.4 Å². The summed E-state index contributed by atoms with van der Waals surface area (Å²) in [4.78, 5) is 11.9. The fourth-order valence-electron chi connectivity index (χ4n) is 2.06. The van der Waals surface area contributed by atoms with Gasteiger partial charge in [-0.25, -0.2) is 0 Å². The molecule has 1 aromatic rings. The third-order valence-corrected chi connectivity index (χ3v) is 3.56. The molecule has 1 aromatic carbocycles. The van der Waals surface area contributed by atoms with Crippen LogP contribution in [0.25, 0.3) is 0 Å². The molecule has 1 fully saturated rings. The van der Waals surface area contributed by atoms with Crippen molar-refractivity contribution in [2.24, 2.45) is 5.73 Å². The molecule has 4 nitrogen and oxygen atoms in total. The predicted octanol–water partition coefficient (Wildman–Crippen LogP) is 1.99. The molecule has 0 saturated carbocycles. The molecule has 0 unspecified atom stereocenters. The van der Waals surface area contributed by atoms with Crippen LogP contribution < -0.4 is 16.4 Å². The van der Waals surface area contributed by atoms with E-state index < -0.39 is 0 Å². The molecule has 4 N–H and O–H groups in total. The van der Waals surface area contributed by atoms with E-state index in [9.17, 15) is 4.79 Å². The molecule has 0 aromatic heterocycles. The second kappa shape index (κ2) is 8.70. The molecule has 7 heteroatoms. The second-order valence-electron chi connectivity index (χ2n) is 4.80. The lowest BCUT2D eigenvalue weighted by Gasteiger charge is -2.33. The summed E-state index contributed by atoms with van der Waals surface area (Å²) >= 11 is 5.78. The Hall–Kier alpha value is -0.520. The van der Waals surface area contributed by atoms with Crippen LogP contribution in [-0.2, 0) is 0 Å². The largest absolute Gasteiger partial charge is 0.350 e. The Kier molecular flexibility index (Phi) is 8.47. The van der Waals surface area contributed by atoms with E-state index in [4.69, 9.17) is 17.3 Å². The van der Waals surface area contributed by atoms with Gasteiger partial charge < -0.3 is 16.4 Å². The smallest absolute Gasteiger partial charge is 0.251 e. The molecular formula is C13H20Cl3N3O. The number of carbonyl (C=O) groups excluding carboxylic acids is 1. The Morgan fingerprint density at radius 2 is 1.80 bits per heavy atom. The number of rotatable bonds is 3. The number of amides is 1. The number of hydrogen-bond donors (Lipinski definition) is 3. The first-order valence-electron chi connectivity index (χ1n) is 6.12. The van der Waals surface area contributed by atoms with Crippen molar-refractivity contribution in [1.29, 1.82) is 0 Å². The lowest BCUT2D eigenvalue weighted by atomic mass is 9.89. The standard InChI is InChI=1S/C13H18ClN3O.2ClH/c14-11-3-1-10(2-4-11)12(18)17-9-13(15)5-7-16-8-6-13;;/h1-4,16H,5-9,15H2,(H,17,18);2*1H. The molecule has 1 saturated heterocycles. The van der Waals surface area contributed by atoms with E-state index in [2.05, 4.69) is 10.6 Å². The van der Waals surface area contributed by atoms with Crippen molar-refractivity contribution in [3.05, 3.63) is 34.9 Å². The van der Waals surface area contributed by atoms with Gasteiger partial charge in [-0.2, -0.15) is 0 Å². The Bertz CT molecular complexity index is 419. The minimum Gasteiger partial charge on any atom is -0.350 e. The van der Waals surface area contributed by atoms with E-state index in [1.54, 1.807) is 24.3 Å². The summed E-state index contributed by atoms with van der Waals surface area (Å²) in [6, 6.07) is 6.84. The quantitative estimate of drug-likeness (QED) is 0.788. The van der Waals surface area contributed by atoms with Gasteiger partial charge in [-0.1, -0.05) is 11.6 Å². The van der Waals surface area contributed by atoms with Crippen LogP contribution in [0.15, 0.2) is 24.3 Å². The van der Waals surface area contributed by atoms with Crippen LogP contribution >= 0.6 is 36.4 Å². The predicted molar refractivity (Wildman–Crippen MR) is 87.3 cm³/mol. The summed E-state index contributed by atoms with van der Waals surface area (Å²) in [5, 5.41) is 6.78. The number of piperidine rings is 1. The molecule has 0 aliphatic carbocycles. The molecular weight excluding hydrogens is 321 g/mol. The van der Waals surface area contributed by atoms with E-state index in [-0.39, 0.29) is 36.3 Å². The van der Waals surface area contributed by atoms with Crippen LogP contribution in [0, 0.1) is 0 Å². The fourth-order valence-corrected chi connectivity index (χ4v) is 2.19. The van der Waals surface area contributed by atoms with Gasteiger partial charge in [-0.15, -0.1) is 24.8 Å². The molecule has 2 rings (SSSR count). The third-order valence-electron chi connectivity index (χ3n) is 3.31. The van der Waals surface area contributed by atoms with Crippen molar-refractivity contribution in [3.8, 4) is 0 Å². The van der Waals surface area contributed by atoms with Crippen LogP contribution in [0.2, 0.25) is 5.02 Å². The SMILES string of the molecule is Cl.Cl.NC1(CNC(=O)c2ccc(Cl)cc2)CCNCC1. The minimum absolute atomic E-state index is 0. The van der Waals surface area contributed by atoms with Gasteiger partial charge >= 0.3 is 0 Å². The molecule has 0 radical (unpaired) electrons. The highest BCUT2D eigenvalue weighted by Crippen LogP contribution is 2.14. The molecule has 1 aliphatic heterocycles. The van der Waals surface area contributed by atoms with Crippen LogP contribution in [0.3, 0.4) is 0 Å². The highest BCUT2D eigenvalue weighted by molar-refractivity contribution is 6.30. The van der Waals surface area contributed by atoms with Gasteiger partial charge in [0.1, 0.15) is 0 Å². The van der Waals surface area contributed by atoms with E-state index in [1.807, 2.05) is 0 Å². The first-order valence-corrected chi connectivity index (χ1v) is 6.50. The first kappa shape index (κ1) is 19.5. The van der Waals surface area contributed by atoms with E-state index in [0.717, 1.165) is 25.9 Å². The maximum Gasteiger partial charge on any atom is 0.251 e. The van der Waals surface area contributed by atoms with Gasteiger partial charge in [0, 0.05) is 22.7 Å². The number of carbonyl (C=O) groups is 1. The lowest BCUT2D eigenvalue weighted by Crippen LogP contribution is -2.55. The van der Waals surface area contributed by atoms with Gasteiger partial charge in [0.2, 0.25) is 0 Å². The van der Waals surface area contributed by atoms with Gasteiger partial charge in [0.25, 0.3) is 5.91 Å². The lowest BCUT2D eigenvalue weighted by molar-refractivity contribution is 0.0938. The van der Waals surface area contributed by atoms with Gasteiger partial charge in [0.15, 0.2) is 0 Å². The van der Waals surface area contributed by atoms with Crippen molar-refractivity contribution < 1.29 is 4.79 Å². The van der Waals surface area contributed by atoms with Crippen molar-refractivity contribution in [1.82, 2.24) is 10.6 Å². The molecule has 114 valence electrons. The third kappa shape index (κ3) is 5.46. The monoisotopic (exact) mass is 339 g/mol. The minimum atomic E-state index is -0.284. The van der Waals surface area contributed by atoms with E-state index in [1.165, 1.54) is 0 Å². The summed E-state index contributed by atoms with van der Waals surface area (Å²) < 4.78 is 0. The second-order valence-corrected chi connectivity index (χ2v) is 5.24. The molecule has 0 atom stereocenters. The molecule has 1 heterocycles. The summed E-state index contributed by atoms with van der Waals surface area (Å²) in [5.41, 5.74) is 6.56. The number of hydrogen-bond acceptors (Lipinski definition) is 3.